The van der Waals surface area contributed by atoms with Crippen LogP contribution < -0.4 is 10.1 Å². The van der Waals surface area contributed by atoms with Gasteiger partial charge in [0.2, 0.25) is 5.13 Å². The molecule has 0 saturated heterocycles. The van der Waals surface area contributed by atoms with Crippen LogP contribution in [-0.4, -0.2) is 22.7 Å². The lowest BCUT2D eigenvalue weighted by Crippen LogP contribution is -2.20. The first-order valence-corrected chi connectivity index (χ1v) is 12.0. The Morgan fingerprint density at radius 3 is 2.17 bits per heavy atom. The molecule has 0 aliphatic rings. The summed E-state index contributed by atoms with van der Waals surface area (Å²) in [4.78, 5) is 12.2. The van der Waals surface area contributed by atoms with Crippen LogP contribution in [0.15, 0.2) is 28.6 Å². The van der Waals surface area contributed by atoms with Gasteiger partial charge in [0.15, 0.2) is 16.7 Å². The van der Waals surface area contributed by atoms with Gasteiger partial charge >= 0.3 is 0 Å². The van der Waals surface area contributed by atoms with Crippen LogP contribution in [0.3, 0.4) is 0 Å². The molecule has 5 nitrogen and oxygen atoms in total. The maximum Gasteiger partial charge on any atom is 0.264 e. The number of carbonyl (C=O) groups is 1. The fraction of sp³-hybridized carbons (Fsp3) is 0.118. The first-order chi connectivity index (χ1) is 14.3. The maximum absolute atomic E-state index is 12.2. The molecular formula is C17H9Cl6N3O2S2. The van der Waals surface area contributed by atoms with Crippen LogP contribution in [-0.2, 0) is 10.5 Å². The average molecular weight is 564 g/mol. The normalized spacial score (nSPS) is 10.9. The van der Waals surface area contributed by atoms with E-state index in [0.29, 0.717) is 20.2 Å². The summed E-state index contributed by atoms with van der Waals surface area (Å²) in [5.41, 5.74) is 1.09. The van der Waals surface area contributed by atoms with E-state index in [1.165, 1.54) is 23.1 Å². The fourth-order valence-corrected chi connectivity index (χ4v) is 5.13. The highest BCUT2D eigenvalue weighted by Crippen LogP contribution is 2.48. The Hall–Kier alpha value is -0.640. The Labute approximate surface area is 209 Å². The molecule has 1 aromatic heterocycles. The number of benzene rings is 2. The van der Waals surface area contributed by atoms with Crippen LogP contribution in [0.25, 0.3) is 0 Å². The highest BCUT2D eigenvalue weighted by Gasteiger charge is 2.21. The molecule has 13 heteroatoms. The van der Waals surface area contributed by atoms with E-state index in [9.17, 15) is 4.79 Å². The molecule has 0 aliphatic heterocycles. The Morgan fingerprint density at radius 1 is 0.933 bits per heavy atom. The molecule has 0 aliphatic carbocycles. The molecule has 0 fully saturated rings. The van der Waals surface area contributed by atoms with Crippen molar-refractivity contribution in [1.29, 1.82) is 0 Å². The smallest absolute Gasteiger partial charge is 0.264 e. The third-order valence-corrected chi connectivity index (χ3v) is 7.98. The predicted molar refractivity (Wildman–Crippen MR) is 127 cm³/mol. The lowest BCUT2D eigenvalue weighted by atomic mass is 10.2. The molecule has 0 saturated carbocycles. The summed E-state index contributed by atoms with van der Waals surface area (Å²) in [7, 11) is 0. The SMILES string of the molecule is O=C(COc1c(Cl)c(Cl)c(Cl)c(Cl)c1Cl)Nc1nnc(SCc2ccc(Cl)cc2)s1. The molecule has 1 amide bonds. The molecule has 0 atom stereocenters. The Bertz CT molecular complexity index is 1050. The summed E-state index contributed by atoms with van der Waals surface area (Å²) < 4.78 is 6.07. The van der Waals surface area contributed by atoms with E-state index in [-0.39, 0.29) is 30.9 Å². The van der Waals surface area contributed by atoms with Crippen molar-refractivity contribution in [3.63, 3.8) is 0 Å². The molecule has 0 bridgehead atoms. The Balaban J connectivity index is 1.55. The van der Waals surface area contributed by atoms with Crippen LogP contribution in [0.5, 0.6) is 5.75 Å². The quantitative estimate of drug-likeness (QED) is 0.138. The number of aromatic nitrogens is 2. The Morgan fingerprint density at radius 2 is 1.53 bits per heavy atom. The number of hydrogen-bond acceptors (Lipinski definition) is 6. The molecule has 0 unspecified atom stereocenters. The van der Waals surface area contributed by atoms with Crippen molar-refractivity contribution in [2.75, 3.05) is 11.9 Å². The summed E-state index contributed by atoms with van der Waals surface area (Å²) in [6.45, 7) is -0.402. The van der Waals surface area contributed by atoms with Gasteiger partial charge in [0.25, 0.3) is 5.91 Å². The van der Waals surface area contributed by atoms with Gasteiger partial charge in [-0.15, -0.1) is 10.2 Å². The second-order valence-electron chi connectivity index (χ2n) is 5.52. The van der Waals surface area contributed by atoms with Gasteiger partial charge in [0, 0.05) is 10.8 Å². The first kappa shape index (κ1) is 24.0. The second-order valence-corrected chi connectivity index (χ2v) is 10.1. The molecule has 30 heavy (non-hydrogen) atoms. The number of amides is 1. The van der Waals surface area contributed by atoms with E-state index in [1.807, 2.05) is 24.3 Å². The largest absolute Gasteiger partial charge is 0.481 e. The van der Waals surface area contributed by atoms with Crippen molar-refractivity contribution in [2.24, 2.45) is 0 Å². The summed E-state index contributed by atoms with van der Waals surface area (Å²) in [5, 5.41) is 11.5. The van der Waals surface area contributed by atoms with E-state index in [4.69, 9.17) is 74.3 Å². The number of carbonyl (C=O) groups excluding carboxylic acids is 1. The van der Waals surface area contributed by atoms with Gasteiger partial charge in [-0.3, -0.25) is 10.1 Å². The number of rotatable bonds is 7. The third-order valence-electron chi connectivity index (χ3n) is 3.45. The van der Waals surface area contributed by atoms with E-state index in [2.05, 4.69) is 15.5 Å². The third kappa shape index (κ3) is 5.99. The van der Waals surface area contributed by atoms with E-state index in [1.54, 1.807) is 0 Å². The minimum atomic E-state index is -0.491. The number of ether oxygens (including phenoxy) is 1. The standard InChI is InChI=1S/C17H9Cl6N3O2S2/c18-8-3-1-7(2-4-8)6-29-17-26-25-16(30-17)24-9(27)5-28-15-13(22)11(20)10(19)12(21)14(15)23/h1-4H,5-6H2,(H,24,25,27). The summed E-state index contributed by atoms with van der Waals surface area (Å²) >= 11 is 38.6. The zero-order valence-corrected chi connectivity index (χ0v) is 20.7. The molecule has 2 aromatic carbocycles. The van der Waals surface area contributed by atoms with Crippen molar-refractivity contribution in [2.45, 2.75) is 10.1 Å². The average Bonchev–Trinajstić information content (AvgIpc) is 3.17. The summed E-state index contributed by atoms with van der Waals surface area (Å²) in [6.07, 6.45) is 0. The molecular weight excluding hydrogens is 555 g/mol. The highest BCUT2D eigenvalue weighted by atomic mass is 35.5. The van der Waals surface area contributed by atoms with Crippen LogP contribution in [0.4, 0.5) is 5.13 Å². The number of hydrogen-bond donors (Lipinski definition) is 1. The number of thioether (sulfide) groups is 1. The van der Waals surface area contributed by atoms with Crippen molar-refractivity contribution >= 4 is 104 Å². The van der Waals surface area contributed by atoms with Crippen LogP contribution in [0.1, 0.15) is 5.56 Å². The molecule has 1 heterocycles. The topological polar surface area (TPSA) is 64.1 Å². The molecule has 0 spiro atoms. The zero-order valence-electron chi connectivity index (χ0n) is 14.5. The lowest BCUT2D eigenvalue weighted by molar-refractivity contribution is -0.118. The van der Waals surface area contributed by atoms with Crippen LogP contribution in [0, 0.1) is 0 Å². The zero-order chi connectivity index (χ0) is 21.8. The number of anilines is 1. The highest BCUT2D eigenvalue weighted by molar-refractivity contribution is 8.00. The molecule has 3 rings (SSSR count). The lowest BCUT2D eigenvalue weighted by Gasteiger charge is -2.13. The van der Waals surface area contributed by atoms with Gasteiger partial charge < -0.3 is 4.74 Å². The minimum Gasteiger partial charge on any atom is -0.481 e. The van der Waals surface area contributed by atoms with Crippen molar-refractivity contribution in [3.8, 4) is 5.75 Å². The molecule has 3 aromatic rings. The Kier molecular flexibility index (Phi) is 8.63. The van der Waals surface area contributed by atoms with E-state index in [0.717, 1.165) is 5.56 Å². The molecule has 158 valence electrons. The van der Waals surface area contributed by atoms with Crippen LogP contribution >= 0.6 is 92.7 Å². The minimum absolute atomic E-state index is 0.00243. The van der Waals surface area contributed by atoms with E-state index >= 15 is 0 Å². The summed E-state index contributed by atoms with van der Waals surface area (Å²) in [6, 6.07) is 7.51. The molecule has 1 N–H and O–H groups in total. The van der Waals surface area contributed by atoms with E-state index < -0.39 is 12.5 Å². The monoisotopic (exact) mass is 561 g/mol. The van der Waals surface area contributed by atoms with Gasteiger partial charge in [0.05, 0.1) is 15.1 Å². The first-order valence-electron chi connectivity index (χ1n) is 7.91. The molecule has 0 radical (unpaired) electrons. The second kappa shape index (κ2) is 10.8. The van der Waals surface area contributed by atoms with Gasteiger partial charge in [-0.1, -0.05) is 105 Å². The van der Waals surface area contributed by atoms with Gasteiger partial charge in [0.1, 0.15) is 10.0 Å². The predicted octanol–water partition coefficient (Wildman–Crippen LogP) is 7.77. The van der Waals surface area contributed by atoms with Crippen molar-refractivity contribution < 1.29 is 9.53 Å². The summed E-state index contributed by atoms with van der Waals surface area (Å²) in [5.74, 6) is 0.164. The van der Waals surface area contributed by atoms with Gasteiger partial charge in [-0.2, -0.15) is 0 Å². The van der Waals surface area contributed by atoms with Gasteiger partial charge in [-0.05, 0) is 17.7 Å². The van der Waals surface area contributed by atoms with Crippen molar-refractivity contribution in [1.82, 2.24) is 10.2 Å². The van der Waals surface area contributed by atoms with Crippen molar-refractivity contribution in [3.05, 3.63) is 60.0 Å². The van der Waals surface area contributed by atoms with Crippen LogP contribution in [0.2, 0.25) is 30.1 Å². The number of halogens is 6. The number of nitrogens with zero attached hydrogens (tertiary/aromatic N) is 2. The number of nitrogens with one attached hydrogen (secondary N) is 1. The van der Waals surface area contributed by atoms with Gasteiger partial charge in [-0.25, -0.2) is 0 Å². The maximum atomic E-state index is 12.2. The fourth-order valence-electron chi connectivity index (χ4n) is 2.05.